The average molecular weight is 165 g/mol. The van der Waals surface area contributed by atoms with E-state index in [0.29, 0.717) is 0 Å². The molecule has 0 saturated carbocycles. The van der Waals surface area contributed by atoms with Gasteiger partial charge in [0.2, 0.25) is 0 Å². The van der Waals surface area contributed by atoms with Crippen LogP contribution in [0.25, 0.3) is 0 Å². The molecule has 1 aromatic rings. The number of benzene rings is 1. The lowest BCUT2D eigenvalue weighted by Crippen LogP contribution is -2.26. The minimum Gasteiger partial charge on any atom is -0.391 e. The molecular weight excluding hydrogens is 150 g/mol. The molecule has 2 nitrogen and oxygen atoms in total. The highest BCUT2D eigenvalue weighted by molar-refractivity contribution is 5.19. The molecule has 0 spiro atoms. The number of nitrogens with one attached hydrogen (secondary N) is 1. The number of likely N-dealkylation sites (N-methyl/N-ethyl adjacent to an activating group) is 1. The molecule has 0 unspecified atom stereocenters. The van der Waals surface area contributed by atoms with Crippen molar-refractivity contribution < 1.29 is 5.11 Å². The van der Waals surface area contributed by atoms with E-state index in [2.05, 4.69) is 5.32 Å². The van der Waals surface area contributed by atoms with E-state index in [1.165, 1.54) is 0 Å². The molecule has 2 heteroatoms. The molecule has 0 heterocycles. The smallest absolute Gasteiger partial charge is 0.0706 e. The summed E-state index contributed by atoms with van der Waals surface area (Å²) in [6, 6.07) is 9.97. The summed E-state index contributed by atoms with van der Waals surface area (Å²) in [5.74, 6) is 0. The summed E-state index contributed by atoms with van der Waals surface area (Å²) in [5.41, 5.74) is 1.12. The Morgan fingerprint density at radius 1 is 1.25 bits per heavy atom. The Labute approximate surface area is 73.2 Å². The van der Waals surface area contributed by atoms with Gasteiger partial charge < -0.3 is 10.4 Å². The minimum absolute atomic E-state index is 0.0335. The van der Waals surface area contributed by atoms with Crippen LogP contribution in [0.15, 0.2) is 30.3 Å². The van der Waals surface area contributed by atoms with Gasteiger partial charge in [0.05, 0.1) is 12.1 Å². The van der Waals surface area contributed by atoms with E-state index in [9.17, 15) is 5.11 Å². The summed E-state index contributed by atoms with van der Waals surface area (Å²) in [7, 11) is 1.85. The molecule has 0 aliphatic rings. The number of rotatable bonds is 3. The summed E-state index contributed by atoms with van der Waals surface area (Å²) >= 11 is 0. The molecule has 0 amide bonds. The lowest BCUT2D eigenvalue weighted by molar-refractivity contribution is 0.150. The van der Waals surface area contributed by atoms with Gasteiger partial charge in [0.15, 0.2) is 0 Å². The predicted octanol–water partition coefficient (Wildman–Crippen LogP) is 1.33. The second-order valence-electron chi connectivity index (χ2n) is 2.92. The van der Waals surface area contributed by atoms with Crippen molar-refractivity contribution in [3.63, 3.8) is 0 Å². The molecule has 0 aliphatic carbocycles. The van der Waals surface area contributed by atoms with Crippen LogP contribution in [0.2, 0.25) is 0 Å². The van der Waals surface area contributed by atoms with E-state index in [0.717, 1.165) is 5.56 Å². The lowest BCUT2D eigenvalue weighted by Gasteiger charge is -2.19. The van der Waals surface area contributed by atoms with Crippen molar-refractivity contribution in [3.8, 4) is 0 Å². The summed E-state index contributed by atoms with van der Waals surface area (Å²) in [5, 5.41) is 12.5. The average Bonchev–Trinajstić information content (AvgIpc) is 2.07. The van der Waals surface area contributed by atoms with E-state index in [-0.39, 0.29) is 12.1 Å². The Hall–Kier alpha value is -0.860. The fraction of sp³-hybridized carbons (Fsp3) is 0.400. The molecule has 2 N–H and O–H groups in total. The topological polar surface area (TPSA) is 32.3 Å². The quantitative estimate of drug-likeness (QED) is 0.708. The highest BCUT2D eigenvalue weighted by Gasteiger charge is 2.13. The number of aliphatic hydroxyl groups is 1. The van der Waals surface area contributed by atoms with Crippen molar-refractivity contribution in [1.82, 2.24) is 5.32 Å². The first kappa shape index (κ1) is 9.23. The zero-order valence-corrected chi connectivity index (χ0v) is 7.49. The van der Waals surface area contributed by atoms with Gasteiger partial charge in [0.25, 0.3) is 0 Å². The fourth-order valence-electron chi connectivity index (χ4n) is 1.35. The van der Waals surface area contributed by atoms with Crippen molar-refractivity contribution in [2.45, 2.75) is 19.1 Å². The van der Waals surface area contributed by atoms with Crippen LogP contribution in [0.4, 0.5) is 0 Å². The molecule has 1 aromatic carbocycles. The molecule has 2 atom stereocenters. The normalized spacial score (nSPS) is 15.6. The SMILES string of the molecule is CN[C@H](c1ccccc1)[C@H](C)O. The zero-order valence-electron chi connectivity index (χ0n) is 7.49. The Balaban J connectivity index is 2.80. The van der Waals surface area contributed by atoms with Crippen LogP contribution in [0.3, 0.4) is 0 Å². The van der Waals surface area contributed by atoms with Crippen LogP contribution in [-0.2, 0) is 0 Å². The van der Waals surface area contributed by atoms with Gasteiger partial charge in [0, 0.05) is 0 Å². The number of hydrogen-bond acceptors (Lipinski definition) is 2. The summed E-state index contributed by atoms with van der Waals surface area (Å²) in [4.78, 5) is 0. The van der Waals surface area contributed by atoms with Crippen molar-refractivity contribution in [2.24, 2.45) is 0 Å². The van der Waals surface area contributed by atoms with E-state index in [4.69, 9.17) is 0 Å². The van der Waals surface area contributed by atoms with Crippen LogP contribution in [0, 0.1) is 0 Å². The first-order chi connectivity index (χ1) is 5.75. The fourth-order valence-corrected chi connectivity index (χ4v) is 1.35. The van der Waals surface area contributed by atoms with Crippen LogP contribution in [0.5, 0.6) is 0 Å². The first-order valence-electron chi connectivity index (χ1n) is 4.16. The minimum atomic E-state index is -0.364. The standard InChI is InChI=1S/C10H15NO/c1-8(12)10(11-2)9-6-4-3-5-7-9/h3-8,10-12H,1-2H3/t8-,10-/m0/s1. The third-order valence-corrected chi connectivity index (χ3v) is 1.95. The molecule has 0 radical (unpaired) electrons. The van der Waals surface area contributed by atoms with Crippen LogP contribution >= 0.6 is 0 Å². The molecule has 12 heavy (non-hydrogen) atoms. The highest BCUT2D eigenvalue weighted by Crippen LogP contribution is 2.15. The van der Waals surface area contributed by atoms with Crippen molar-refractivity contribution in [2.75, 3.05) is 7.05 Å². The molecular formula is C10H15NO. The van der Waals surface area contributed by atoms with Gasteiger partial charge in [-0.3, -0.25) is 0 Å². The first-order valence-corrected chi connectivity index (χ1v) is 4.16. The largest absolute Gasteiger partial charge is 0.391 e. The maximum absolute atomic E-state index is 9.40. The van der Waals surface area contributed by atoms with Gasteiger partial charge in [-0.2, -0.15) is 0 Å². The Bertz CT molecular complexity index is 221. The molecule has 0 aromatic heterocycles. The van der Waals surface area contributed by atoms with Crippen LogP contribution in [-0.4, -0.2) is 18.3 Å². The van der Waals surface area contributed by atoms with E-state index in [1.807, 2.05) is 37.4 Å². The molecule has 0 saturated heterocycles. The molecule has 66 valence electrons. The number of hydrogen-bond donors (Lipinski definition) is 2. The predicted molar refractivity (Wildman–Crippen MR) is 49.9 cm³/mol. The van der Waals surface area contributed by atoms with Gasteiger partial charge >= 0.3 is 0 Å². The molecule has 0 fully saturated rings. The van der Waals surface area contributed by atoms with Gasteiger partial charge in [-0.25, -0.2) is 0 Å². The van der Waals surface area contributed by atoms with Gasteiger partial charge in [-0.05, 0) is 19.5 Å². The summed E-state index contributed by atoms with van der Waals surface area (Å²) < 4.78 is 0. The van der Waals surface area contributed by atoms with E-state index in [1.54, 1.807) is 6.92 Å². The van der Waals surface area contributed by atoms with E-state index >= 15 is 0 Å². The monoisotopic (exact) mass is 165 g/mol. The van der Waals surface area contributed by atoms with Crippen LogP contribution in [0.1, 0.15) is 18.5 Å². The number of aliphatic hydroxyl groups excluding tert-OH is 1. The van der Waals surface area contributed by atoms with Gasteiger partial charge in [0.1, 0.15) is 0 Å². The van der Waals surface area contributed by atoms with Crippen molar-refractivity contribution in [1.29, 1.82) is 0 Å². The molecule has 1 rings (SSSR count). The van der Waals surface area contributed by atoms with Gasteiger partial charge in [-0.1, -0.05) is 30.3 Å². The third-order valence-electron chi connectivity index (χ3n) is 1.95. The Morgan fingerprint density at radius 3 is 2.25 bits per heavy atom. The molecule has 0 aliphatic heterocycles. The maximum atomic E-state index is 9.40. The second kappa shape index (κ2) is 4.24. The highest BCUT2D eigenvalue weighted by atomic mass is 16.3. The van der Waals surface area contributed by atoms with Crippen LogP contribution < -0.4 is 5.32 Å². The third kappa shape index (κ3) is 2.06. The Kier molecular flexibility index (Phi) is 3.26. The summed E-state index contributed by atoms with van der Waals surface area (Å²) in [6.07, 6.45) is -0.364. The summed E-state index contributed by atoms with van der Waals surface area (Å²) in [6.45, 7) is 1.79. The lowest BCUT2D eigenvalue weighted by atomic mass is 10.0. The Morgan fingerprint density at radius 2 is 1.83 bits per heavy atom. The second-order valence-corrected chi connectivity index (χ2v) is 2.92. The van der Waals surface area contributed by atoms with Crippen molar-refractivity contribution >= 4 is 0 Å². The van der Waals surface area contributed by atoms with Crippen molar-refractivity contribution in [3.05, 3.63) is 35.9 Å². The van der Waals surface area contributed by atoms with Gasteiger partial charge in [-0.15, -0.1) is 0 Å². The van der Waals surface area contributed by atoms with E-state index < -0.39 is 0 Å². The zero-order chi connectivity index (χ0) is 8.97. The maximum Gasteiger partial charge on any atom is 0.0706 e. The molecule has 0 bridgehead atoms.